The second-order valence-electron chi connectivity index (χ2n) is 5.72. The van der Waals surface area contributed by atoms with Gasteiger partial charge >= 0.3 is 0 Å². The highest BCUT2D eigenvalue weighted by atomic mass is 35.5. The molecule has 132 valence electrons. The summed E-state index contributed by atoms with van der Waals surface area (Å²) in [5.41, 5.74) is 0.718. The van der Waals surface area contributed by atoms with Gasteiger partial charge in [-0.25, -0.2) is 4.98 Å². The number of nitrogens with zero attached hydrogens (tertiary/aromatic N) is 3. The van der Waals surface area contributed by atoms with E-state index in [0.29, 0.717) is 39.5 Å². The standard InChI is InChI=1S/C16H16Cl2N4O2S/c1-21-4-6-22(7-5-21)15(24)13-9-25-16(19-13)20-14(23)10-2-3-11(17)12(18)8-10/h2-3,8-9H,4-7H2,1H3,(H,19,20,23). The maximum Gasteiger partial charge on any atom is 0.273 e. The van der Waals surface area contributed by atoms with Crippen molar-refractivity contribution in [3.8, 4) is 0 Å². The number of halogens is 2. The van der Waals surface area contributed by atoms with Crippen LogP contribution in [-0.2, 0) is 0 Å². The summed E-state index contributed by atoms with van der Waals surface area (Å²) in [7, 11) is 2.03. The van der Waals surface area contributed by atoms with Crippen LogP contribution in [0.2, 0.25) is 10.0 Å². The Balaban J connectivity index is 1.66. The highest BCUT2D eigenvalue weighted by Crippen LogP contribution is 2.24. The van der Waals surface area contributed by atoms with Crippen LogP contribution in [0.1, 0.15) is 20.8 Å². The Kier molecular flexibility index (Phi) is 5.58. The highest BCUT2D eigenvalue weighted by Gasteiger charge is 2.22. The number of anilines is 1. The number of nitrogens with one attached hydrogen (secondary N) is 1. The SMILES string of the molecule is CN1CCN(C(=O)c2csc(NC(=O)c3ccc(Cl)c(Cl)c3)n2)CC1. The van der Waals surface area contributed by atoms with Gasteiger partial charge < -0.3 is 9.80 Å². The van der Waals surface area contributed by atoms with Crippen LogP contribution in [0, 0.1) is 0 Å². The van der Waals surface area contributed by atoms with Crippen LogP contribution in [-0.4, -0.2) is 59.8 Å². The van der Waals surface area contributed by atoms with Crippen LogP contribution < -0.4 is 5.32 Å². The second kappa shape index (κ2) is 7.70. The van der Waals surface area contributed by atoms with E-state index in [2.05, 4.69) is 15.2 Å². The zero-order valence-electron chi connectivity index (χ0n) is 13.5. The van der Waals surface area contributed by atoms with Gasteiger partial charge in [0.15, 0.2) is 5.13 Å². The average molecular weight is 399 g/mol. The molecule has 0 radical (unpaired) electrons. The quantitative estimate of drug-likeness (QED) is 0.862. The van der Waals surface area contributed by atoms with Gasteiger partial charge in [-0.2, -0.15) is 0 Å². The third kappa shape index (κ3) is 4.30. The summed E-state index contributed by atoms with van der Waals surface area (Å²) in [6, 6.07) is 4.62. The van der Waals surface area contributed by atoms with Gasteiger partial charge in [-0.1, -0.05) is 23.2 Å². The van der Waals surface area contributed by atoms with Gasteiger partial charge in [0.1, 0.15) is 5.69 Å². The van der Waals surface area contributed by atoms with E-state index in [1.165, 1.54) is 17.4 Å². The Hall–Kier alpha value is -1.67. The first-order valence-electron chi connectivity index (χ1n) is 7.64. The van der Waals surface area contributed by atoms with Crippen molar-refractivity contribution in [1.29, 1.82) is 0 Å². The fraction of sp³-hybridized carbons (Fsp3) is 0.312. The van der Waals surface area contributed by atoms with E-state index in [0.717, 1.165) is 13.1 Å². The third-order valence-electron chi connectivity index (χ3n) is 3.92. The molecule has 0 spiro atoms. The van der Waals surface area contributed by atoms with E-state index in [1.807, 2.05) is 7.05 Å². The number of amides is 2. The van der Waals surface area contributed by atoms with Crippen molar-refractivity contribution in [2.75, 3.05) is 38.5 Å². The molecule has 1 N–H and O–H groups in total. The van der Waals surface area contributed by atoms with E-state index >= 15 is 0 Å². The Bertz CT molecular complexity index is 803. The summed E-state index contributed by atoms with van der Waals surface area (Å²) in [5.74, 6) is -0.467. The number of hydrogen-bond acceptors (Lipinski definition) is 5. The molecule has 0 aliphatic carbocycles. The molecule has 0 saturated carbocycles. The Morgan fingerprint density at radius 1 is 1.16 bits per heavy atom. The molecule has 1 aliphatic rings. The van der Waals surface area contributed by atoms with Gasteiger partial charge in [-0.05, 0) is 25.2 Å². The number of aromatic nitrogens is 1. The highest BCUT2D eigenvalue weighted by molar-refractivity contribution is 7.14. The third-order valence-corrected chi connectivity index (χ3v) is 5.41. The molecular formula is C16H16Cl2N4O2S. The van der Waals surface area contributed by atoms with Crippen molar-refractivity contribution in [1.82, 2.24) is 14.8 Å². The Labute approximate surface area is 159 Å². The summed E-state index contributed by atoms with van der Waals surface area (Å²) >= 11 is 13.0. The van der Waals surface area contributed by atoms with Crippen LogP contribution in [0.4, 0.5) is 5.13 Å². The largest absolute Gasteiger partial charge is 0.335 e. The zero-order chi connectivity index (χ0) is 18.0. The van der Waals surface area contributed by atoms with Crippen molar-refractivity contribution in [3.63, 3.8) is 0 Å². The van der Waals surface area contributed by atoms with Gasteiger partial charge in [-0.15, -0.1) is 11.3 Å². The monoisotopic (exact) mass is 398 g/mol. The Morgan fingerprint density at radius 3 is 2.56 bits per heavy atom. The van der Waals surface area contributed by atoms with Gasteiger partial charge in [0, 0.05) is 37.1 Å². The van der Waals surface area contributed by atoms with Crippen LogP contribution in [0.5, 0.6) is 0 Å². The molecule has 0 unspecified atom stereocenters. The van der Waals surface area contributed by atoms with Crippen molar-refractivity contribution in [2.24, 2.45) is 0 Å². The summed E-state index contributed by atoms with van der Waals surface area (Å²) < 4.78 is 0. The molecule has 2 heterocycles. The molecule has 1 saturated heterocycles. The number of likely N-dealkylation sites (N-methyl/N-ethyl adjacent to an activating group) is 1. The fourth-order valence-electron chi connectivity index (χ4n) is 2.41. The molecule has 6 nitrogen and oxygen atoms in total. The lowest BCUT2D eigenvalue weighted by Gasteiger charge is -2.31. The minimum atomic E-state index is -0.355. The minimum absolute atomic E-state index is 0.112. The maximum absolute atomic E-state index is 12.5. The number of carbonyl (C=O) groups excluding carboxylic acids is 2. The number of carbonyl (C=O) groups is 2. The smallest absolute Gasteiger partial charge is 0.273 e. The maximum atomic E-state index is 12.5. The lowest BCUT2D eigenvalue weighted by Crippen LogP contribution is -2.47. The summed E-state index contributed by atoms with van der Waals surface area (Å²) in [6.07, 6.45) is 0. The second-order valence-corrected chi connectivity index (χ2v) is 7.39. The number of thiazole rings is 1. The van der Waals surface area contributed by atoms with Crippen molar-refractivity contribution < 1.29 is 9.59 Å². The minimum Gasteiger partial charge on any atom is -0.335 e. The van der Waals surface area contributed by atoms with Crippen LogP contribution >= 0.6 is 34.5 Å². The lowest BCUT2D eigenvalue weighted by atomic mass is 10.2. The molecule has 3 rings (SSSR count). The molecule has 9 heteroatoms. The molecule has 1 aliphatic heterocycles. The molecule has 1 fully saturated rings. The number of hydrogen-bond donors (Lipinski definition) is 1. The predicted octanol–water partition coefficient (Wildman–Crippen LogP) is 3.09. The molecule has 1 aromatic carbocycles. The number of piperazine rings is 1. The first-order chi connectivity index (χ1) is 11.9. The summed E-state index contributed by atoms with van der Waals surface area (Å²) in [5, 5.41) is 5.39. The number of benzene rings is 1. The molecule has 0 atom stereocenters. The van der Waals surface area contributed by atoms with Crippen LogP contribution in [0.3, 0.4) is 0 Å². The van der Waals surface area contributed by atoms with E-state index in [4.69, 9.17) is 23.2 Å². The van der Waals surface area contributed by atoms with Gasteiger partial charge in [0.2, 0.25) is 0 Å². The average Bonchev–Trinajstić information content (AvgIpc) is 3.05. The van der Waals surface area contributed by atoms with E-state index in [9.17, 15) is 9.59 Å². The van der Waals surface area contributed by atoms with Crippen LogP contribution in [0.15, 0.2) is 23.6 Å². The molecular weight excluding hydrogens is 383 g/mol. The predicted molar refractivity (Wildman–Crippen MR) is 99.9 cm³/mol. The van der Waals surface area contributed by atoms with Gasteiger partial charge in [0.05, 0.1) is 10.0 Å². The van der Waals surface area contributed by atoms with Crippen molar-refractivity contribution in [3.05, 3.63) is 44.9 Å². The first kappa shape index (κ1) is 18.1. The number of rotatable bonds is 3. The lowest BCUT2D eigenvalue weighted by molar-refractivity contribution is 0.0659. The molecule has 1 aromatic heterocycles. The fourth-order valence-corrected chi connectivity index (χ4v) is 3.39. The molecule has 25 heavy (non-hydrogen) atoms. The first-order valence-corrected chi connectivity index (χ1v) is 9.27. The van der Waals surface area contributed by atoms with Gasteiger partial charge in [0.25, 0.3) is 11.8 Å². The summed E-state index contributed by atoms with van der Waals surface area (Å²) in [6.45, 7) is 3.04. The van der Waals surface area contributed by atoms with E-state index in [1.54, 1.807) is 22.4 Å². The van der Waals surface area contributed by atoms with Crippen molar-refractivity contribution >= 4 is 51.5 Å². The van der Waals surface area contributed by atoms with Crippen molar-refractivity contribution in [2.45, 2.75) is 0 Å². The topological polar surface area (TPSA) is 65.5 Å². The van der Waals surface area contributed by atoms with Gasteiger partial charge in [-0.3, -0.25) is 14.9 Å². The summed E-state index contributed by atoms with van der Waals surface area (Å²) in [4.78, 5) is 32.9. The Morgan fingerprint density at radius 2 is 1.88 bits per heavy atom. The molecule has 2 aromatic rings. The zero-order valence-corrected chi connectivity index (χ0v) is 15.8. The molecule has 2 amide bonds. The molecule has 0 bridgehead atoms. The van der Waals surface area contributed by atoms with E-state index in [-0.39, 0.29) is 11.8 Å². The van der Waals surface area contributed by atoms with E-state index < -0.39 is 0 Å². The van der Waals surface area contributed by atoms with Crippen LogP contribution in [0.25, 0.3) is 0 Å². The normalized spacial score (nSPS) is 15.2.